The molecule has 0 unspecified atom stereocenters. The molecule has 1 heterocycles. The Morgan fingerprint density at radius 3 is 2.34 bits per heavy atom. The fraction of sp³-hybridized carbons (Fsp3) is 0.200. The minimum atomic E-state index is -4.90. The van der Waals surface area contributed by atoms with E-state index in [0.29, 0.717) is 17.3 Å². The summed E-state index contributed by atoms with van der Waals surface area (Å²) in [6.07, 6.45) is -4.90. The highest BCUT2D eigenvalue weighted by Gasteiger charge is 2.34. The Kier molecular flexibility index (Phi) is 5.17. The van der Waals surface area contributed by atoms with Gasteiger partial charge in [0.25, 0.3) is 0 Å². The highest BCUT2D eigenvalue weighted by atomic mass is 32.2. The molecule has 3 rings (SSSR count). The van der Waals surface area contributed by atoms with E-state index in [4.69, 9.17) is 5.41 Å². The molecule has 0 atom stereocenters. The standard InChI is InChI=1S/C20H14F5N3S/c1-8(2)10-6-12(20(23,24)25)15(16(22)17(10)28-3)9-4-5-13(21)18-14(9)11(7-26)19(27)29-18/h4-6,27-28H,1-3H3/b15-9-,27-19?. The van der Waals surface area contributed by atoms with E-state index in [9.17, 15) is 22.8 Å². The van der Waals surface area contributed by atoms with Crippen LogP contribution in [0, 0.1) is 38.8 Å². The minimum absolute atomic E-state index is 0.0615. The van der Waals surface area contributed by atoms with E-state index in [1.54, 1.807) is 19.9 Å². The number of halogens is 5. The van der Waals surface area contributed by atoms with Crippen molar-refractivity contribution in [3.63, 3.8) is 0 Å². The van der Waals surface area contributed by atoms with Crippen LogP contribution in [0.4, 0.5) is 27.6 Å². The summed E-state index contributed by atoms with van der Waals surface area (Å²) in [5.41, 5.74) is -1.19. The molecule has 0 saturated heterocycles. The van der Waals surface area contributed by atoms with Crippen LogP contribution in [0.5, 0.6) is 0 Å². The van der Waals surface area contributed by atoms with Crippen molar-refractivity contribution in [2.24, 2.45) is 0 Å². The fourth-order valence-electron chi connectivity index (χ4n) is 3.26. The Morgan fingerprint density at radius 1 is 1.17 bits per heavy atom. The Balaban J connectivity index is 2.85. The molecular formula is C20H14F5N3S. The van der Waals surface area contributed by atoms with E-state index in [1.807, 2.05) is 0 Å². The van der Waals surface area contributed by atoms with Gasteiger partial charge in [-0.3, -0.25) is 5.41 Å². The summed E-state index contributed by atoms with van der Waals surface area (Å²) >= 11 is 0.622. The van der Waals surface area contributed by atoms with Crippen molar-refractivity contribution >= 4 is 33.6 Å². The van der Waals surface area contributed by atoms with Gasteiger partial charge >= 0.3 is 6.18 Å². The molecule has 2 aromatic carbocycles. The molecule has 29 heavy (non-hydrogen) atoms. The smallest absolute Gasteiger partial charge is 0.385 e. The first kappa shape index (κ1) is 20.9. The maximum absolute atomic E-state index is 15.4. The number of nitrogens with one attached hydrogen (secondary N) is 2. The van der Waals surface area contributed by atoms with Crippen LogP contribution >= 0.6 is 11.8 Å². The molecule has 150 valence electrons. The van der Waals surface area contributed by atoms with Crippen molar-refractivity contribution in [1.82, 2.24) is 0 Å². The zero-order valence-corrected chi connectivity index (χ0v) is 16.3. The third kappa shape index (κ3) is 3.27. The molecular weight excluding hydrogens is 409 g/mol. The fourth-order valence-corrected chi connectivity index (χ4v) is 4.20. The highest BCUT2D eigenvalue weighted by Crippen LogP contribution is 2.33. The second-order valence-corrected chi connectivity index (χ2v) is 7.52. The van der Waals surface area contributed by atoms with E-state index in [-0.39, 0.29) is 36.9 Å². The van der Waals surface area contributed by atoms with Gasteiger partial charge in [-0.15, -0.1) is 0 Å². The SMILES string of the molecule is CNc1c(F)/c(=c2/ccc(F)c3c2=C(C#N)C(=N)S3)c(C(F)(F)F)cc1=C(C)C. The summed E-state index contributed by atoms with van der Waals surface area (Å²) in [5, 5.41) is 18.3. The summed E-state index contributed by atoms with van der Waals surface area (Å²) in [5.74, 6) is -1.95. The van der Waals surface area contributed by atoms with Gasteiger partial charge in [0.2, 0.25) is 0 Å². The van der Waals surface area contributed by atoms with Crippen molar-refractivity contribution in [3.05, 3.63) is 56.3 Å². The lowest BCUT2D eigenvalue weighted by molar-refractivity contribution is -0.138. The van der Waals surface area contributed by atoms with Crippen molar-refractivity contribution in [3.8, 4) is 6.07 Å². The molecule has 0 aliphatic carbocycles. The van der Waals surface area contributed by atoms with Crippen LogP contribution in [0.15, 0.2) is 23.1 Å². The molecule has 0 radical (unpaired) electrons. The first-order valence-corrected chi connectivity index (χ1v) is 9.13. The molecule has 2 N–H and O–H groups in total. The monoisotopic (exact) mass is 423 g/mol. The maximum atomic E-state index is 15.4. The number of thioether (sulfide) groups is 1. The van der Waals surface area contributed by atoms with Gasteiger partial charge in [0, 0.05) is 17.5 Å². The van der Waals surface area contributed by atoms with Crippen molar-refractivity contribution in [1.29, 1.82) is 10.7 Å². The lowest BCUT2D eigenvalue weighted by Gasteiger charge is -2.14. The van der Waals surface area contributed by atoms with Gasteiger partial charge in [-0.2, -0.15) is 18.4 Å². The second-order valence-electron chi connectivity index (χ2n) is 6.50. The number of rotatable bonds is 1. The molecule has 0 spiro atoms. The molecule has 2 aromatic rings. The van der Waals surface area contributed by atoms with E-state index in [2.05, 4.69) is 5.32 Å². The van der Waals surface area contributed by atoms with Crippen LogP contribution in [-0.2, 0) is 6.18 Å². The van der Waals surface area contributed by atoms with E-state index < -0.39 is 28.6 Å². The number of fused-ring (bicyclic) bond motifs is 1. The van der Waals surface area contributed by atoms with Gasteiger partial charge in [0.15, 0.2) is 5.82 Å². The van der Waals surface area contributed by atoms with Crippen LogP contribution in [-0.4, -0.2) is 12.1 Å². The molecule has 9 heteroatoms. The average molecular weight is 423 g/mol. The lowest BCUT2D eigenvalue weighted by Crippen LogP contribution is -2.21. The van der Waals surface area contributed by atoms with Gasteiger partial charge in [-0.1, -0.05) is 23.4 Å². The lowest BCUT2D eigenvalue weighted by atomic mass is 10.0. The van der Waals surface area contributed by atoms with Gasteiger partial charge in [0.1, 0.15) is 16.9 Å². The summed E-state index contributed by atoms with van der Waals surface area (Å²) in [7, 11) is 1.38. The number of hydrogen-bond donors (Lipinski definition) is 2. The van der Waals surface area contributed by atoms with Crippen LogP contribution in [0.2, 0.25) is 0 Å². The largest absolute Gasteiger partial charge is 0.417 e. The zero-order valence-electron chi connectivity index (χ0n) is 15.5. The number of benzene rings is 2. The molecule has 1 aliphatic rings. The Labute approximate surface area is 166 Å². The number of anilines is 1. The molecule has 0 aromatic heterocycles. The first-order chi connectivity index (χ1) is 13.5. The van der Waals surface area contributed by atoms with Crippen LogP contribution in [0.25, 0.3) is 11.1 Å². The first-order valence-electron chi connectivity index (χ1n) is 8.31. The van der Waals surface area contributed by atoms with Crippen molar-refractivity contribution < 1.29 is 22.0 Å². The number of alkyl halides is 3. The predicted molar refractivity (Wildman–Crippen MR) is 102 cm³/mol. The number of nitriles is 1. The minimum Gasteiger partial charge on any atom is -0.385 e. The molecule has 1 aliphatic heterocycles. The van der Waals surface area contributed by atoms with Crippen LogP contribution < -0.4 is 15.8 Å². The van der Waals surface area contributed by atoms with Crippen molar-refractivity contribution in [2.45, 2.75) is 24.9 Å². The zero-order chi connectivity index (χ0) is 21.7. The summed E-state index contributed by atoms with van der Waals surface area (Å²) in [6, 6.07) is 4.50. The Bertz CT molecular complexity index is 1320. The van der Waals surface area contributed by atoms with Gasteiger partial charge in [0.05, 0.1) is 21.7 Å². The molecule has 0 amide bonds. The number of nitrogens with zero attached hydrogens (tertiary/aromatic N) is 1. The highest BCUT2D eigenvalue weighted by molar-refractivity contribution is 8.15. The van der Waals surface area contributed by atoms with Gasteiger partial charge in [-0.25, -0.2) is 8.78 Å². The Hall–Kier alpha value is -2.86. The van der Waals surface area contributed by atoms with Crippen LogP contribution in [0.1, 0.15) is 19.4 Å². The maximum Gasteiger partial charge on any atom is 0.417 e. The summed E-state index contributed by atoms with van der Waals surface area (Å²) < 4.78 is 71.4. The second kappa shape index (κ2) is 7.19. The molecule has 0 bridgehead atoms. The molecule has 3 nitrogen and oxygen atoms in total. The molecule has 0 fully saturated rings. The number of hydrogen-bond acceptors (Lipinski definition) is 4. The third-order valence-electron chi connectivity index (χ3n) is 4.53. The van der Waals surface area contributed by atoms with E-state index in [0.717, 1.165) is 18.2 Å². The Morgan fingerprint density at radius 2 is 1.83 bits per heavy atom. The van der Waals surface area contributed by atoms with Crippen molar-refractivity contribution in [2.75, 3.05) is 12.4 Å². The van der Waals surface area contributed by atoms with E-state index >= 15 is 4.39 Å². The summed E-state index contributed by atoms with van der Waals surface area (Å²) in [4.78, 5) is -0.162. The quantitative estimate of drug-likeness (QED) is 0.674. The van der Waals surface area contributed by atoms with Gasteiger partial charge < -0.3 is 5.32 Å². The van der Waals surface area contributed by atoms with Gasteiger partial charge in [-0.05, 0) is 36.4 Å². The average Bonchev–Trinajstić information content (AvgIpc) is 2.98. The topological polar surface area (TPSA) is 59.7 Å². The van der Waals surface area contributed by atoms with E-state index in [1.165, 1.54) is 7.05 Å². The predicted octanol–water partition coefficient (Wildman–Crippen LogP) is 4.26. The van der Waals surface area contributed by atoms with Crippen LogP contribution in [0.3, 0.4) is 0 Å². The summed E-state index contributed by atoms with van der Waals surface area (Å²) in [6.45, 7) is 3.12. The normalized spacial score (nSPS) is 14.6. The molecule has 0 saturated carbocycles. The third-order valence-corrected chi connectivity index (χ3v) is 5.54.